The Labute approximate surface area is 110 Å². The molecule has 1 amide bonds. The number of carbonyl (C=O) groups excluding carboxylic acids is 1. The Balaban J connectivity index is 2.45. The van der Waals surface area contributed by atoms with E-state index in [2.05, 4.69) is 5.32 Å². The average Bonchev–Trinajstić information content (AvgIpc) is 2.35. The van der Waals surface area contributed by atoms with Crippen LogP contribution in [0, 0.1) is 6.92 Å². The van der Waals surface area contributed by atoms with Crippen molar-refractivity contribution in [3.8, 4) is 5.75 Å². The molecule has 4 nitrogen and oxygen atoms in total. The van der Waals surface area contributed by atoms with E-state index < -0.39 is 31.1 Å². The van der Waals surface area contributed by atoms with Gasteiger partial charge >= 0.3 is 0 Å². The minimum atomic E-state index is -2.88. The smallest absolute Gasteiger partial charge is 0.265 e. The fourth-order valence-corrected chi connectivity index (χ4v) is 1.38. The van der Waals surface area contributed by atoms with Crippen LogP contribution in [0.2, 0.25) is 0 Å². The molecule has 0 saturated heterocycles. The van der Waals surface area contributed by atoms with E-state index in [4.69, 9.17) is 9.84 Å². The van der Waals surface area contributed by atoms with E-state index in [1.807, 2.05) is 13.0 Å². The predicted octanol–water partition coefficient (Wildman–Crippen LogP) is 1.50. The molecule has 2 N–H and O–H groups in total. The summed E-state index contributed by atoms with van der Waals surface area (Å²) in [5.41, 5.74) is 0.984. The van der Waals surface area contributed by atoms with Crippen molar-refractivity contribution in [2.75, 3.05) is 6.54 Å². The molecule has 0 heterocycles. The maximum Gasteiger partial charge on any atom is 0.265 e. The Hall–Kier alpha value is -1.69. The van der Waals surface area contributed by atoms with Crippen LogP contribution in [-0.4, -0.2) is 36.2 Å². The second-order valence-electron chi connectivity index (χ2n) is 4.22. The van der Waals surface area contributed by atoms with Crippen LogP contribution in [0.5, 0.6) is 5.75 Å². The molecule has 0 aliphatic rings. The van der Waals surface area contributed by atoms with Gasteiger partial charge in [-0.15, -0.1) is 0 Å². The molecule has 0 aliphatic carbocycles. The molecule has 0 aliphatic heterocycles. The van der Waals surface area contributed by atoms with E-state index in [1.54, 1.807) is 18.2 Å². The van der Waals surface area contributed by atoms with Gasteiger partial charge in [0, 0.05) is 6.54 Å². The van der Waals surface area contributed by atoms with Crippen LogP contribution in [0.4, 0.5) is 8.78 Å². The highest BCUT2D eigenvalue weighted by Gasteiger charge is 2.20. The monoisotopic (exact) mass is 273 g/mol. The summed E-state index contributed by atoms with van der Waals surface area (Å²) < 4.78 is 29.4. The summed E-state index contributed by atoms with van der Waals surface area (Å²) >= 11 is 0. The normalized spacial score (nSPS) is 14.0. The lowest BCUT2D eigenvalue weighted by Gasteiger charge is -2.16. The molecule has 2 atom stereocenters. The maximum absolute atomic E-state index is 12.0. The van der Waals surface area contributed by atoms with Crippen molar-refractivity contribution in [1.29, 1.82) is 0 Å². The molecule has 6 heteroatoms. The first-order chi connectivity index (χ1) is 8.90. The molecule has 1 rings (SSSR count). The van der Waals surface area contributed by atoms with Crippen LogP contribution in [0.3, 0.4) is 0 Å². The largest absolute Gasteiger partial charge is 0.481 e. The van der Waals surface area contributed by atoms with Crippen LogP contribution in [0.15, 0.2) is 24.3 Å². The van der Waals surface area contributed by atoms with E-state index in [0.717, 1.165) is 5.56 Å². The van der Waals surface area contributed by atoms with Gasteiger partial charge in [0.1, 0.15) is 11.9 Å². The minimum Gasteiger partial charge on any atom is -0.481 e. The van der Waals surface area contributed by atoms with Gasteiger partial charge in [-0.1, -0.05) is 12.1 Å². The number of benzene rings is 1. The molecule has 0 radical (unpaired) electrons. The summed E-state index contributed by atoms with van der Waals surface area (Å²) in [6.45, 7) is 2.89. The summed E-state index contributed by atoms with van der Waals surface area (Å²) in [4.78, 5) is 11.6. The first-order valence-electron chi connectivity index (χ1n) is 5.87. The molecular weight excluding hydrogens is 256 g/mol. The lowest BCUT2D eigenvalue weighted by Crippen LogP contribution is -2.42. The van der Waals surface area contributed by atoms with Gasteiger partial charge in [0.15, 0.2) is 6.10 Å². The predicted molar refractivity (Wildman–Crippen MR) is 66.3 cm³/mol. The van der Waals surface area contributed by atoms with Crippen molar-refractivity contribution in [3.63, 3.8) is 0 Å². The first-order valence-corrected chi connectivity index (χ1v) is 5.87. The number of hydrogen-bond donors (Lipinski definition) is 2. The molecule has 2 unspecified atom stereocenters. The lowest BCUT2D eigenvalue weighted by molar-refractivity contribution is -0.128. The molecule has 1 aromatic carbocycles. The number of hydrogen-bond acceptors (Lipinski definition) is 3. The minimum absolute atomic E-state index is 0.502. The topological polar surface area (TPSA) is 58.6 Å². The third kappa shape index (κ3) is 5.21. The summed E-state index contributed by atoms with van der Waals surface area (Å²) in [6, 6.07) is 7.13. The maximum atomic E-state index is 12.0. The Bertz CT molecular complexity index is 426. The van der Waals surface area contributed by atoms with Gasteiger partial charge in [-0.2, -0.15) is 0 Å². The zero-order valence-electron chi connectivity index (χ0n) is 10.8. The molecule has 0 spiro atoms. The highest BCUT2D eigenvalue weighted by molar-refractivity contribution is 5.80. The number of halogens is 2. The number of alkyl halides is 2. The van der Waals surface area contributed by atoms with Crippen molar-refractivity contribution in [2.45, 2.75) is 32.5 Å². The Morgan fingerprint density at radius 1 is 1.47 bits per heavy atom. The molecule has 106 valence electrons. The van der Waals surface area contributed by atoms with Crippen molar-refractivity contribution in [1.82, 2.24) is 5.32 Å². The molecule has 0 aromatic heterocycles. The number of aryl methyl sites for hydroxylation is 1. The number of amides is 1. The lowest BCUT2D eigenvalue weighted by atomic mass is 10.2. The summed E-state index contributed by atoms with van der Waals surface area (Å²) in [5, 5.41) is 11.1. The van der Waals surface area contributed by atoms with Gasteiger partial charge in [0.25, 0.3) is 12.3 Å². The highest BCUT2D eigenvalue weighted by atomic mass is 19.3. The molecule has 0 bridgehead atoms. The highest BCUT2D eigenvalue weighted by Crippen LogP contribution is 2.14. The summed E-state index contributed by atoms with van der Waals surface area (Å²) in [7, 11) is 0. The molecule has 0 fully saturated rings. The second-order valence-corrected chi connectivity index (χ2v) is 4.22. The standard InChI is InChI=1S/C13H17F2NO3/c1-8-4-3-5-10(6-8)19-9(2)13(18)16-7-11(17)12(14)15/h3-6,9,11-12,17H,7H2,1-2H3,(H,16,18). The van der Waals surface area contributed by atoms with Crippen molar-refractivity contribution < 1.29 is 23.4 Å². The van der Waals surface area contributed by atoms with Crippen molar-refractivity contribution >= 4 is 5.91 Å². The van der Waals surface area contributed by atoms with E-state index >= 15 is 0 Å². The zero-order chi connectivity index (χ0) is 14.4. The van der Waals surface area contributed by atoms with Crippen molar-refractivity contribution in [2.24, 2.45) is 0 Å². The van der Waals surface area contributed by atoms with Gasteiger partial charge in [0.2, 0.25) is 0 Å². The number of ether oxygens (including phenoxy) is 1. The second kappa shape index (κ2) is 7.04. The van der Waals surface area contributed by atoms with E-state index in [-0.39, 0.29) is 0 Å². The van der Waals surface area contributed by atoms with Crippen LogP contribution < -0.4 is 10.1 Å². The Kier molecular flexibility index (Phi) is 5.69. The van der Waals surface area contributed by atoms with E-state index in [1.165, 1.54) is 6.92 Å². The van der Waals surface area contributed by atoms with Crippen LogP contribution in [0.1, 0.15) is 12.5 Å². The molecule has 0 saturated carbocycles. The Morgan fingerprint density at radius 2 is 2.16 bits per heavy atom. The average molecular weight is 273 g/mol. The van der Waals surface area contributed by atoms with E-state index in [9.17, 15) is 13.6 Å². The molecule has 19 heavy (non-hydrogen) atoms. The number of carbonyl (C=O) groups is 1. The zero-order valence-corrected chi connectivity index (χ0v) is 10.8. The van der Waals surface area contributed by atoms with Gasteiger partial charge in [-0.05, 0) is 31.5 Å². The van der Waals surface area contributed by atoms with E-state index in [0.29, 0.717) is 5.75 Å². The van der Waals surface area contributed by atoms with Gasteiger partial charge in [0.05, 0.1) is 0 Å². The fourth-order valence-electron chi connectivity index (χ4n) is 1.38. The van der Waals surface area contributed by atoms with Crippen LogP contribution >= 0.6 is 0 Å². The number of aliphatic hydroxyl groups excluding tert-OH is 1. The first kappa shape index (κ1) is 15.4. The summed E-state index contributed by atoms with van der Waals surface area (Å²) in [6.07, 6.45) is -5.57. The molecular formula is C13H17F2NO3. The fraction of sp³-hybridized carbons (Fsp3) is 0.462. The van der Waals surface area contributed by atoms with Gasteiger partial charge in [-0.3, -0.25) is 4.79 Å². The third-order valence-corrected chi connectivity index (χ3v) is 2.45. The third-order valence-electron chi connectivity index (χ3n) is 2.45. The molecule has 1 aromatic rings. The van der Waals surface area contributed by atoms with Crippen molar-refractivity contribution in [3.05, 3.63) is 29.8 Å². The summed E-state index contributed by atoms with van der Waals surface area (Å²) in [5.74, 6) is -0.0294. The van der Waals surface area contributed by atoms with Gasteiger partial charge in [-0.25, -0.2) is 8.78 Å². The number of rotatable bonds is 6. The number of aliphatic hydroxyl groups is 1. The number of nitrogens with one attached hydrogen (secondary N) is 1. The van der Waals surface area contributed by atoms with Crippen LogP contribution in [-0.2, 0) is 4.79 Å². The SMILES string of the molecule is Cc1cccc(OC(C)C(=O)NCC(O)C(F)F)c1. The van der Waals surface area contributed by atoms with Gasteiger partial charge < -0.3 is 15.2 Å². The Morgan fingerprint density at radius 3 is 2.74 bits per heavy atom. The van der Waals surface area contributed by atoms with Crippen LogP contribution in [0.25, 0.3) is 0 Å². The quantitative estimate of drug-likeness (QED) is 0.826.